The minimum Gasteiger partial charge on any atom is -0.468 e. The SMILES string of the molecule is COC(=O)CN(C)CC1CCN(c2ncc3ncnc(Nc4cccc(Cl)c4)c3n2)CC1. The molecule has 3 aromatic rings. The molecule has 0 amide bonds. The van der Waals surface area contributed by atoms with Crippen molar-refractivity contribution in [1.29, 1.82) is 0 Å². The van der Waals surface area contributed by atoms with Gasteiger partial charge in [0, 0.05) is 30.3 Å². The Labute approximate surface area is 191 Å². The van der Waals surface area contributed by atoms with E-state index in [1.807, 2.05) is 36.2 Å². The van der Waals surface area contributed by atoms with Gasteiger partial charge in [0.15, 0.2) is 5.82 Å². The van der Waals surface area contributed by atoms with Crippen molar-refractivity contribution in [3.8, 4) is 0 Å². The lowest BCUT2D eigenvalue weighted by molar-refractivity contribution is -0.141. The van der Waals surface area contributed by atoms with Crippen LogP contribution >= 0.6 is 11.6 Å². The minimum absolute atomic E-state index is 0.209. The number of ether oxygens (including phenoxy) is 1. The molecule has 2 aromatic heterocycles. The van der Waals surface area contributed by atoms with Crippen molar-refractivity contribution in [3.05, 3.63) is 41.8 Å². The highest BCUT2D eigenvalue weighted by atomic mass is 35.5. The predicted octanol–water partition coefficient (Wildman–Crippen LogP) is 3.14. The van der Waals surface area contributed by atoms with Crippen molar-refractivity contribution in [2.75, 3.05) is 50.6 Å². The summed E-state index contributed by atoms with van der Waals surface area (Å²) in [6.07, 6.45) is 5.24. The van der Waals surface area contributed by atoms with Crippen LogP contribution in [-0.2, 0) is 9.53 Å². The maximum Gasteiger partial charge on any atom is 0.319 e. The molecule has 1 N–H and O–H groups in total. The number of carbonyl (C=O) groups excluding carboxylic acids is 1. The summed E-state index contributed by atoms with van der Waals surface area (Å²) in [6, 6.07) is 7.45. The van der Waals surface area contributed by atoms with Crippen LogP contribution in [0.15, 0.2) is 36.8 Å². The molecule has 1 saturated heterocycles. The van der Waals surface area contributed by atoms with Gasteiger partial charge in [0.05, 0.1) is 19.9 Å². The summed E-state index contributed by atoms with van der Waals surface area (Å²) in [6.45, 7) is 2.88. The second-order valence-electron chi connectivity index (χ2n) is 7.96. The van der Waals surface area contributed by atoms with Crippen molar-refractivity contribution >= 4 is 46.1 Å². The molecule has 1 aromatic carbocycles. The predicted molar refractivity (Wildman–Crippen MR) is 124 cm³/mol. The van der Waals surface area contributed by atoms with Crippen LogP contribution in [0.1, 0.15) is 12.8 Å². The Hall–Kier alpha value is -3.04. The molecular weight excluding hydrogens is 430 g/mol. The average molecular weight is 456 g/mol. The lowest BCUT2D eigenvalue weighted by Crippen LogP contribution is -2.39. The standard InChI is InChI=1S/C22H26ClN7O2/c1-29(13-19(31)32-2)12-15-6-8-30(9-7-15)22-24-11-18-20(28-22)21(26-14-25-18)27-17-5-3-4-16(23)10-17/h3-5,10-11,14-15H,6-9,12-13H2,1-2H3,(H,25,26,27). The van der Waals surface area contributed by atoms with Crippen LogP contribution in [0.3, 0.4) is 0 Å². The van der Waals surface area contributed by atoms with Crippen molar-refractivity contribution in [1.82, 2.24) is 24.8 Å². The second kappa shape index (κ2) is 10.1. The lowest BCUT2D eigenvalue weighted by atomic mass is 9.96. The van der Waals surface area contributed by atoms with E-state index in [4.69, 9.17) is 21.3 Å². The molecule has 3 heterocycles. The molecular formula is C22H26ClN7O2. The molecule has 10 heteroatoms. The number of halogens is 1. The first kappa shape index (κ1) is 22.2. The molecule has 0 unspecified atom stereocenters. The number of nitrogens with one attached hydrogen (secondary N) is 1. The van der Waals surface area contributed by atoms with E-state index in [-0.39, 0.29) is 5.97 Å². The van der Waals surface area contributed by atoms with Crippen LogP contribution in [0, 0.1) is 5.92 Å². The number of anilines is 3. The number of rotatable bonds is 7. The molecule has 0 spiro atoms. The number of nitrogens with zero attached hydrogens (tertiary/aromatic N) is 6. The Morgan fingerprint density at radius 3 is 2.84 bits per heavy atom. The van der Waals surface area contributed by atoms with Gasteiger partial charge in [-0.1, -0.05) is 17.7 Å². The van der Waals surface area contributed by atoms with Crippen LogP contribution in [0.25, 0.3) is 11.0 Å². The summed E-state index contributed by atoms with van der Waals surface area (Å²) >= 11 is 6.10. The number of likely N-dealkylation sites (N-methyl/N-ethyl adjacent to an activating group) is 1. The highest BCUT2D eigenvalue weighted by molar-refractivity contribution is 6.30. The number of fused-ring (bicyclic) bond motifs is 1. The van der Waals surface area contributed by atoms with E-state index < -0.39 is 0 Å². The molecule has 4 rings (SSSR count). The van der Waals surface area contributed by atoms with Crippen LogP contribution in [0.4, 0.5) is 17.5 Å². The molecule has 1 fully saturated rings. The Kier molecular flexibility index (Phi) is 6.96. The molecule has 32 heavy (non-hydrogen) atoms. The summed E-state index contributed by atoms with van der Waals surface area (Å²) in [4.78, 5) is 33.6. The van der Waals surface area contributed by atoms with Crippen molar-refractivity contribution in [2.24, 2.45) is 5.92 Å². The number of benzene rings is 1. The highest BCUT2D eigenvalue weighted by Crippen LogP contribution is 2.26. The van der Waals surface area contributed by atoms with E-state index in [2.05, 4.69) is 25.2 Å². The molecule has 9 nitrogen and oxygen atoms in total. The Balaban J connectivity index is 1.44. The number of methoxy groups -OCH3 is 1. The first-order valence-electron chi connectivity index (χ1n) is 10.5. The van der Waals surface area contributed by atoms with E-state index in [9.17, 15) is 4.79 Å². The minimum atomic E-state index is -0.209. The molecule has 0 saturated carbocycles. The summed E-state index contributed by atoms with van der Waals surface area (Å²) in [7, 11) is 3.36. The Morgan fingerprint density at radius 1 is 1.28 bits per heavy atom. The van der Waals surface area contributed by atoms with Gasteiger partial charge in [-0.05, 0) is 44.0 Å². The van der Waals surface area contributed by atoms with Gasteiger partial charge in [-0.15, -0.1) is 0 Å². The third kappa shape index (κ3) is 5.41. The normalized spacial score (nSPS) is 14.7. The van der Waals surface area contributed by atoms with Gasteiger partial charge < -0.3 is 15.0 Å². The van der Waals surface area contributed by atoms with E-state index in [1.54, 1.807) is 6.20 Å². The maximum atomic E-state index is 11.5. The third-order valence-electron chi connectivity index (χ3n) is 5.55. The number of esters is 1. The first-order chi connectivity index (χ1) is 15.5. The molecule has 1 aliphatic heterocycles. The van der Waals surface area contributed by atoms with Crippen molar-refractivity contribution < 1.29 is 9.53 Å². The monoisotopic (exact) mass is 455 g/mol. The molecule has 1 aliphatic rings. The van der Waals surface area contributed by atoms with Crippen LogP contribution in [0.2, 0.25) is 5.02 Å². The van der Waals surface area contributed by atoms with Gasteiger partial charge in [-0.25, -0.2) is 19.9 Å². The highest BCUT2D eigenvalue weighted by Gasteiger charge is 2.23. The van der Waals surface area contributed by atoms with Gasteiger partial charge in [0.25, 0.3) is 0 Å². The van der Waals surface area contributed by atoms with Gasteiger partial charge >= 0.3 is 5.97 Å². The fourth-order valence-corrected chi connectivity index (χ4v) is 4.09. The van der Waals surface area contributed by atoms with Gasteiger partial charge in [0.1, 0.15) is 17.4 Å². The van der Waals surface area contributed by atoms with Crippen LogP contribution in [0.5, 0.6) is 0 Å². The quantitative estimate of drug-likeness (QED) is 0.539. The smallest absolute Gasteiger partial charge is 0.319 e. The van der Waals surface area contributed by atoms with E-state index >= 15 is 0 Å². The lowest BCUT2D eigenvalue weighted by Gasteiger charge is -2.33. The zero-order valence-corrected chi connectivity index (χ0v) is 18.9. The van der Waals surface area contributed by atoms with Gasteiger partial charge in [0.2, 0.25) is 5.95 Å². The fraction of sp³-hybridized carbons (Fsp3) is 0.409. The number of aromatic nitrogens is 4. The summed E-state index contributed by atoms with van der Waals surface area (Å²) in [5.41, 5.74) is 2.17. The molecule has 0 bridgehead atoms. The van der Waals surface area contributed by atoms with Crippen molar-refractivity contribution in [3.63, 3.8) is 0 Å². The zero-order chi connectivity index (χ0) is 22.5. The molecule has 0 atom stereocenters. The number of hydrogen-bond donors (Lipinski definition) is 1. The van der Waals surface area contributed by atoms with Gasteiger partial charge in [-0.2, -0.15) is 0 Å². The summed E-state index contributed by atoms with van der Waals surface area (Å²) in [5.74, 6) is 1.59. The Bertz CT molecular complexity index is 1090. The first-order valence-corrected chi connectivity index (χ1v) is 10.9. The largest absolute Gasteiger partial charge is 0.468 e. The van der Waals surface area contributed by atoms with Crippen LogP contribution < -0.4 is 10.2 Å². The zero-order valence-electron chi connectivity index (χ0n) is 18.2. The average Bonchev–Trinajstić information content (AvgIpc) is 2.79. The van der Waals surface area contributed by atoms with Gasteiger partial charge in [-0.3, -0.25) is 9.69 Å². The van der Waals surface area contributed by atoms with E-state index in [0.29, 0.717) is 40.3 Å². The maximum absolute atomic E-state index is 11.5. The molecule has 0 aliphatic carbocycles. The van der Waals surface area contributed by atoms with E-state index in [1.165, 1.54) is 13.4 Å². The number of carbonyl (C=O) groups is 1. The molecule has 0 radical (unpaired) electrons. The molecule has 168 valence electrons. The second-order valence-corrected chi connectivity index (χ2v) is 8.40. The number of piperidine rings is 1. The van der Waals surface area contributed by atoms with Crippen LogP contribution in [-0.4, -0.2) is 71.1 Å². The fourth-order valence-electron chi connectivity index (χ4n) is 3.90. The van der Waals surface area contributed by atoms with Crippen molar-refractivity contribution in [2.45, 2.75) is 12.8 Å². The topological polar surface area (TPSA) is 96.4 Å². The number of hydrogen-bond acceptors (Lipinski definition) is 9. The Morgan fingerprint density at radius 2 is 2.09 bits per heavy atom. The summed E-state index contributed by atoms with van der Waals surface area (Å²) < 4.78 is 4.75. The van der Waals surface area contributed by atoms with E-state index in [0.717, 1.165) is 38.2 Å². The third-order valence-corrected chi connectivity index (χ3v) is 5.78. The summed E-state index contributed by atoms with van der Waals surface area (Å²) in [5, 5.41) is 3.92.